The van der Waals surface area contributed by atoms with Crippen LogP contribution >= 0.6 is 0 Å². The highest BCUT2D eigenvalue weighted by Gasteiger charge is 2.57. The molecule has 0 radical (unpaired) electrons. The quantitative estimate of drug-likeness (QED) is 0.271. The summed E-state index contributed by atoms with van der Waals surface area (Å²) in [7, 11) is 0. The van der Waals surface area contributed by atoms with E-state index < -0.39 is 24.8 Å². The monoisotopic (exact) mass is 582 g/mol. The molecule has 6 fully saturated rings. The Labute approximate surface area is 254 Å². The minimum atomic E-state index is -0.567. The molecule has 6 atom stereocenters. The fraction of sp³-hybridized carbons (Fsp3) is 0.514. The molecular formula is C37H42O6. The number of rotatable bonds is 9. The average Bonchev–Trinajstić information content (AvgIpc) is 3.03. The van der Waals surface area contributed by atoms with Gasteiger partial charge in [-0.15, -0.1) is 0 Å². The van der Waals surface area contributed by atoms with Crippen molar-refractivity contribution in [3.8, 4) is 0 Å². The molecule has 4 aliphatic carbocycles. The van der Waals surface area contributed by atoms with Crippen LogP contribution in [-0.4, -0.2) is 42.9 Å². The van der Waals surface area contributed by atoms with E-state index in [0.717, 1.165) is 53.7 Å². The average molecular weight is 583 g/mol. The number of hydrogen-bond acceptors (Lipinski definition) is 6. The number of benzene rings is 3. The van der Waals surface area contributed by atoms with Crippen molar-refractivity contribution in [1.29, 1.82) is 0 Å². The molecule has 3 unspecified atom stereocenters. The van der Waals surface area contributed by atoms with Gasteiger partial charge in [0.15, 0.2) is 12.6 Å². The molecule has 3 aromatic rings. The Balaban J connectivity index is 1.10. The van der Waals surface area contributed by atoms with E-state index in [-0.39, 0.29) is 17.8 Å². The van der Waals surface area contributed by atoms with Crippen molar-refractivity contribution < 1.29 is 28.4 Å². The molecule has 0 N–H and O–H groups in total. The summed E-state index contributed by atoms with van der Waals surface area (Å²) in [6.07, 6.45) is 4.81. The Morgan fingerprint density at radius 1 is 0.628 bits per heavy atom. The maximum atomic E-state index is 7.20. The van der Waals surface area contributed by atoms with Gasteiger partial charge in [-0.2, -0.15) is 0 Å². The van der Waals surface area contributed by atoms with Crippen molar-refractivity contribution in [3.63, 3.8) is 0 Å². The molecule has 4 bridgehead atoms. The van der Waals surface area contributed by atoms with Crippen molar-refractivity contribution in [2.45, 2.75) is 94.3 Å². The third kappa shape index (κ3) is 5.94. The molecule has 2 aliphatic heterocycles. The number of ether oxygens (including phenoxy) is 6. The first-order valence-electron chi connectivity index (χ1n) is 16.2. The van der Waals surface area contributed by atoms with Crippen LogP contribution in [0.3, 0.4) is 0 Å². The summed E-state index contributed by atoms with van der Waals surface area (Å²) in [6, 6.07) is 30.7. The summed E-state index contributed by atoms with van der Waals surface area (Å²) < 4.78 is 40.6. The van der Waals surface area contributed by atoms with Crippen LogP contribution in [0.2, 0.25) is 0 Å². The summed E-state index contributed by atoms with van der Waals surface area (Å²) >= 11 is 0. The summed E-state index contributed by atoms with van der Waals surface area (Å²) in [6.45, 7) is 1.29. The summed E-state index contributed by atoms with van der Waals surface area (Å²) in [5.74, 6) is 2.30. The largest absolute Gasteiger partial charge is 0.368 e. The third-order valence-electron chi connectivity index (χ3n) is 10.3. The molecule has 43 heavy (non-hydrogen) atoms. The van der Waals surface area contributed by atoms with Gasteiger partial charge in [0.2, 0.25) is 0 Å². The highest BCUT2D eigenvalue weighted by atomic mass is 16.8. The lowest BCUT2D eigenvalue weighted by Crippen LogP contribution is -2.65. The van der Waals surface area contributed by atoms with Crippen LogP contribution in [0.25, 0.3) is 0 Å². The van der Waals surface area contributed by atoms with Crippen LogP contribution in [0.1, 0.15) is 61.5 Å². The zero-order valence-electron chi connectivity index (χ0n) is 24.7. The molecule has 2 heterocycles. The molecule has 6 nitrogen and oxygen atoms in total. The second-order valence-electron chi connectivity index (χ2n) is 13.5. The summed E-state index contributed by atoms with van der Waals surface area (Å²) in [5, 5.41) is 0. The normalized spacial score (nSPS) is 38.1. The zero-order chi connectivity index (χ0) is 28.6. The topological polar surface area (TPSA) is 55.4 Å². The lowest BCUT2D eigenvalue weighted by molar-refractivity contribution is -0.391. The molecule has 0 aromatic heterocycles. The Hall–Kier alpha value is -2.58. The highest BCUT2D eigenvalue weighted by molar-refractivity contribution is 5.18. The lowest BCUT2D eigenvalue weighted by Gasteiger charge is -2.58. The van der Waals surface area contributed by atoms with Crippen LogP contribution in [0.4, 0.5) is 0 Å². The van der Waals surface area contributed by atoms with Crippen LogP contribution in [-0.2, 0) is 41.6 Å². The molecule has 0 amide bonds. The Bertz CT molecular complexity index is 1300. The predicted molar refractivity (Wildman–Crippen MR) is 161 cm³/mol. The lowest BCUT2D eigenvalue weighted by atomic mass is 9.54. The Morgan fingerprint density at radius 3 is 1.74 bits per heavy atom. The van der Waals surface area contributed by atoms with Gasteiger partial charge >= 0.3 is 0 Å². The Kier molecular flexibility index (Phi) is 7.84. The molecular weight excluding hydrogens is 540 g/mol. The van der Waals surface area contributed by atoms with Crippen LogP contribution in [0.5, 0.6) is 0 Å². The van der Waals surface area contributed by atoms with E-state index in [1.807, 2.05) is 66.7 Å². The van der Waals surface area contributed by atoms with E-state index >= 15 is 0 Å². The van der Waals surface area contributed by atoms with Gasteiger partial charge in [-0.1, -0.05) is 91.0 Å². The second-order valence-corrected chi connectivity index (χ2v) is 13.5. The van der Waals surface area contributed by atoms with Crippen molar-refractivity contribution >= 4 is 0 Å². The van der Waals surface area contributed by atoms with Crippen LogP contribution < -0.4 is 0 Å². The number of hydrogen-bond donors (Lipinski definition) is 0. The third-order valence-corrected chi connectivity index (χ3v) is 10.3. The van der Waals surface area contributed by atoms with Gasteiger partial charge in [-0.05, 0) is 67.4 Å². The van der Waals surface area contributed by atoms with Crippen molar-refractivity contribution in [2.24, 2.45) is 17.8 Å². The maximum Gasteiger partial charge on any atom is 0.187 e. The van der Waals surface area contributed by atoms with E-state index in [1.165, 1.54) is 19.3 Å². The Morgan fingerprint density at radius 2 is 1.16 bits per heavy atom. The molecule has 3 aromatic carbocycles. The van der Waals surface area contributed by atoms with E-state index in [0.29, 0.717) is 19.8 Å². The number of fused-ring (bicyclic) bond motifs is 1. The van der Waals surface area contributed by atoms with Crippen molar-refractivity contribution in [2.75, 3.05) is 6.61 Å². The van der Waals surface area contributed by atoms with Gasteiger partial charge in [-0.3, -0.25) is 0 Å². The van der Waals surface area contributed by atoms with Gasteiger partial charge in [-0.25, -0.2) is 0 Å². The van der Waals surface area contributed by atoms with E-state index in [9.17, 15) is 0 Å². The molecule has 4 saturated carbocycles. The molecule has 9 rings (SSSR count). The maximum absolute atomic E-state index is 7.20. The van der Waals surface area contributed by atoms with Crippen molar-refractivity contribution in [3.05, 3.63) is 108 Å². The zero-order valence-corrected chi connectivity index (χ0v) is 24.7. The fourth-order valence-electron chi connectivity index (χ4n) is 8.74. The molecule has 6 aliphatic rings. The standard InChI is InChI=1S/C37H42O6/c1-4-10-25(11-5-1)22-38-33-32-31(24-40-35(42-32)30-14-8-3-9-15-30)41-36(34(33)39-23-26-12-6-2-7-13-26)43-37-19-27-16-28(20-37)18-29(17-27)21-37/h1-15,27-29,31-36H,16-24H2/t27?,28?,29?,31?,32-,33-,34?,35?,36-,37?/m1/s1. The van der Waals surface area contributed by atoms with Crippen LogP contribution in [0.15, 0.2) is 91.0 Å². The molecule has 2 saturated heterocycles. The first-order valence-corrected chi connectivity index (χ1v) is 16.2. The fourth-order valence-corrected chi connectivity index (χ4v) is 8.74. The van der Waals surface area contributed by atoms with E-state index in [1.54, 1.807) is 0 Å². The van der Waals surface area contributed by atoms with Crippen LogP contribution in [0, 0.1) is 17.8 Å². The molecule has 0 spiro atoms. The summed E-state index contributed by atoms with van der Waals surface area (Å²) in [4.78, 5) is 0. The minimum Gasteiger partial charge on any atom is -0.368 e. The van der Waals surface area contributed by atoms with Crippen molar-refractivity contribution in [1.82, 2.24) is 0 Å². The van der Waals surface area contributed by atoms with Gasteiger partial charge in [0.25, 0.3) is 0 Å². The minimum absolute atomic E-state index is 0.145. The van der Waals surface area contributed by atoms with E-state index in [2.05, 4.69) is 24.3 Å². The molecule has 6 heteroatoms. The smallest absolute Gasteiger partial charge is 0.187 e. The first kappa shape index (κ1) is 27.9. The van der Waals surface area contributed by atoms with E-state index in [4.69, 9.17) is 28.4 Å². The SMILES string of the molecule is c1ccc(COC2[C@@H](OC34CC5CC(CC(C5)C3)C4)OC3COC(c4ccccc4)O[C@H]3[C@H]2OCc2ccccc2)cc1. The molecule has 226 valence electrons. The highest BCUT2D eigenvalue weighted by Crippen LogP contribution is 2.58. The second kappa shape index (κ2) is 12.1. The first-order chi connectivity index (χ1) is 21.2. The van der Waals surface area contributed by atoms with Gasteiger partial charge in [0.05, 0.1) is 25.4 Å². The van der Waals surface area contributed by atoms with Gasteiger partial charge < -0.3 is 28.4 Å². The van der Waals surface area contributed by atoms with Gasteiger partial charge in [0.1, 0.15) is 24.4 Å². The summed E-state index contributed by atoms with van der Waals surface area (Å²) in [5.41, 5.74) is 3.05. The predicted octanol–water partition coefficient (Wildman–Crippen LogP) is 6.98. The van der Waals surface area contributed by atoms with Gasteiger partial charge in [0, 0.05) is 5.56 Å².